The van der Waals surface area contributed by atoms with Gasteiger partial charge in [0.1, 0.15) is 0 Å². The van der Waals surface area contributed by atoms with Crippen molar-refractivity contribution in [3.05, 3.63) is 54.2 Å². The Labute approximate surface area is 151 Å². The molecular weight excluding hydrogens is 352 g/mol. The predicted molar refractivity (Wildman–Crippen MR) is 101 cm³/mol. The Kier molecular flexibility index (Phi) is 5.06. The molecule has 0 spiro atoms. The van der Waals surface area contributed by atoms with E-state index in [4.69, 9.17) is 0 Å². The molecule has 0 aliphatic carbocycles. The second kappa shape index (κ2) is 7.27. The molecule has 0 saturated heterocycles. The summed E-state index contributed by atoms with van der Waals surface area (Å²) in [6.45, 7) is 3.71. The number of nitrogens with one attached hydrogen (secondary N) is 3. The zero-order chi connectivity index (χ0) is 18.7. The Morgan fingerprint density at radius 1 is 1.19 bits per heavy atom. The number of aromatic nitrogens is 2. The summed E-state index contributed by atoms with van der Waals surface area (Å²) in [6, 6.07) is 11.1. The number of hydrogen-bond acceptors (Lipinski definition) is 4. The third kappa shape index (κ3) is 3.92. The van der Waals surface area contributed by atoms with E-state index in [-0.39, 0.29) is 16.8 Å². The van der Waals surface area contributed by atoms with Crippen molar-refractivity contribution >= 4 is 32.5 Å². The third-order valence-electron chi connectivity index (χ3n) is 4.09. The van der Waals surface area contributed by atoms with Crippen LogP contribution in [0, 0.1) is 0 Å². The normalized spacial score (nSPS) is 12.8. The molecule has 1 unspecified atom stereocenters. The van der Waals surface area contributed by atoms with E-state index < -0.39 is 10.0 Å². The lowest BCUT2D eigenvalue weighted by Crippen LogP contribution is -2.32. The second-order valence-electron chi connectivity index (χ2n) is 6.08. The summed E-state index contributed by atoms with van der Waals surface area (Å²) in [5, 5.41) is 10.5. The molecule has 0 radical (unpaired) electrons. The van der Waals surface area contributed by atoms with E-state index in [2.05, 4.69) is 20.2 Å². The maximum atomic E-state index is 12.4. The van der Waals surface area contributed by atoms with Crippen molar-refractivity contribution in [1.29, 1.82) is 0 Å². The third-order valence-corrected chi connectivity index (χ3v) is 5.70. The van der Waals surface area contributed by atoms with Crippen molar-refractivity contribution in [2.75, 3.05) is 5.32 Å². The standard InChI is InChI=1S/C18H20N4O3S/c1-3-12(2)22-26(24,25)16-7-4-13(5-8-16)18(23)20-15-6-9-17-14(10-15)11-19-21-17/h4-12,22H,3H2,1-2H3,(H,19,21)(H,20,23). The quantitative estimate of drug-likeness (QED) is 0.619. The predicted octanol–water partition coefficient (Wildman–Crippen LogP) is 2.89. The van der Waals surface area contributed by atoms with Crippen LogP contribution in [0.5, 0.6) is 0 Å². The Bertz CT molecular complexity index is 1030. The fourth-order valence-corrected chi connectivity index (χ4v) is 3.75. The van der Waals surface area contributed by atoms with Crippen molar-refractivity contribution < 1.29 is 13.2 Å². The maximum absolute atomic E-state index is 12.4. The second-order valence-corrected chi connectivity index (χ2v) is 7.80. The summed E-state index contributed by atoms with van der Waals surface area (Å²) >= 11 is 0. The number of nitrogens with zero attached hydrogens (tertiary/aromatic N) is 1. The Morgan fingerprint density at radius 3 is 2.62 bits per heavy atom. The summed E-state index contributed by atoms with van der Waals surface area (Å²) < 4.78 is 27.1. The highest BCUT2D eigenvalue weighted by Gasteiger charge is 2.17. The highest BCUT2D eigenvalue weighted by atomic mass is 32.2. The SMILES string of the molecule is CCC(C)NS(=O)(=O)c1ccc(C(=O)Nc2ccc3[nH]ncc3c2)cc1. The number of amides is 1. The molecule has 3 aromatic rings. The average Bonchev–Trinajstić information content (AvgIpc) is 3.09. The number of carbonyl (C=O) groups excluding carboxylic acids is 1. The highest BCUT2D eigenvalue weighted by molar-refractivity contribution is 7.89. The van der Waals surface area contributed by atoms with E-state index >= 15 is 0 Å². The van der Waals surface area contributed by atoms with Gasteiger partial charge in [-0.05, 0) is 55.8 Å². The number of H-pyrrole nitrogens is 1. The molecule has 1 heterocycles. The van der Waals surface area contributed by atoms with Crippen LogP contribution in [0.15, 0.2) is 53.6 Å². The molecule has 26 heavy (non-hydrogen) atoms. The van der Waals surface area contributed by atoms with Gasteiger partial charge in [-0.1, -0.05) is 6.92 Å². The van der Waals surface area contributed by atoms with E-state index in [0.717, 1.165) is 10.9 Å². The molecule has 7 nitrogen and oxygen atoms in total. The molecule has 2 aromatic carbocycles. The first-order valence-electron chi connectivity index (χ1n) is 8.26. The minimum absolute atomic E-state index is 0.133. The van der Waals surface area contributed by atoms with Crippen molar-refractivity contribution in [2.24, 2.45) is 0 Å². The van der Waals surface area contributed by atoms with E-state index in [9.17, 15) is 13.2 Å². The highest BCUT2D eigenvalue weighted by Crippen LogP contribution is 2.18. The lowest BCUT2D eigenvalue weighted by Gasteiger charge is -2.12. The van der Waals surface area contributed by atoms with Crippen LogP contribution in [0.1, 0.15) is 30.6 Å². The number of hydrogen-bond donors (Lipinski definition) is 3. The zero-order valence-electron chi connectivity index (χ0n) is 14.5. The summed E-state index contributed by atoms with van der Waals surface area (Å²) in [5.41, 5.74) is 1.89. The minimum Gasteiger partial charge on any atom is -0.322 e. The van der Waals surface area contributed by atoms with E-state index in [1.54, 1.807) is 19.2 Å². The molecule has 0 aliphatic rings. The van der Waals surface area contributed by atoms with Gasteiger partial charge < -0.3 is 5.32 Å². The van der Waals surface area contributed by atoms with Crippen LogP contribution >= 0.6 is 0 Å². The van der Waals surface area contributed by atoms with Crippen molar-refractivity contribution in [3.8, 4) is 0 Å². The number of carbonyl (C=O) groups is 1. The molecule has 1 amide bonds. The number of rotatable bonds is 6. The van der Waals surface area contributed by atoms with Crippen LogP contribution < -0.4 is 10.0 Å². The first-order valence-corrected chi connectivity index (χ1v) is 9.74. The first kappa shape index (κ1) is 18.1. The van der Waals surface area contributed by atoms with Gasteiger partial charge in [-0.15, -0.1) is 0 Å². The van der Waals surface area contributed by atoms with E-state index in [0.29, 0.717) is 17.7 Å². The summed E-state index contributed by atoms with van der Waals surface area (Å²) in [4.78, 5) is 12.5. The Hall–Kier alpha value is -2.71. The van der Waals surface area contributed by atoms with Crippen LogP contribution in [0.2, 0.25) is 0 Å². The van der Waals surface area contributed by atoms with Crippen LogP contribution in [-0.4, -0.2) is 30.6 Å². The van der Waals surface area contributed by atoms with Crippen molar-refractivity contribution in [1.82, 2.24) is 14.9 Å². The van der Waals surface area contributed by atoms with Gasteiger partial charge in [0.2, 0.25) is 10.0 Å². The van der Waals surface area contributed by atoms with E-state index in [1.165, 1.54) is 24.3 Å². The monoisotopic (exact) mass is 372 g/mol. The van der Waals surface area contributed by atoms with Crippen LogP contribution in [0.25, 0.3) is 10.9 Å². The summed E-state index contributed by atoms with van der Waals surface area (Å²) in [6.07, 6.45) is 2.37. The van der Waals surface area contributed by atoms with Gasteiger partial charge in [-0.2, -0.15) is 5.10 Å². The maximum Gasteiger partial charge on any atom is 0.255 e. The number of fused-ring (bicyclic) bond motifs is 1. The van der Waals surface area contributed by atoms with Gasteiger partial charge >= 0.3 is 0 Å². The summed E-state index contributed by atoms with van der Waals surface area (Å²) in [7, 11) is -3.58. The van der Waals surface area contributed by atoms with Gasteiger partial charge in [0.05, 0.1) is 16.6 Å². The zero-order valence-corrected chi connectivity index (χ0v) is 15.3. The van der Waals surface area contributed by atoms with Gasteiger partial charge in [0.15, 0.2) is 0 Å². The smallest absolute Gasteiger partial charge is 0.255 e. The molecular formula is C18H20N4O3S. The van der Waals surface area contributed by atoms with Gasteiger partial charge in [0, 0.05) is 22.7 Å². The molecule has 0 fully saturated rings. The average molecular weight is 372 g/mol. The lowest BCUT2D eigenvalue weighted by molar-refractivity contribution is 0.102. The lowest BCUT2D eigenvalue weighted by atomic mass is 10.2. The Balaban J connectivity index is 1.74. The molecule has 0 aliphatic heterocycles. The van der Waals surface area contributed by atoms with E-state index in [1.807, 2.05) is 19.1 Å². The molecule has 3 rings (SSSR count). The number of sulfonamides is 1. The van der Waals surface area contributed by atoms with Crippen molar-refractivity contribution in [2.45, 2.75) is 31.2 Å². The number of aromatic amines is 1. The Morgan fingerprint density at radius 2 is 1.92 bits per heavy atom. The largest absolute Gasteiger partial charge is 0.322 e. The minimum atomic E-state index is -3.58. The molecule has 8 heteroatoms. The van der Waals surface area contributed by atoms with Crippen LogP contribution in [0.3, 0.4) is 0 Å². The fraction of sp³-hybridized carbons (Fsp3) is 0.222. The molecule has 3 N–H and O–H groups in total. The van der Waals surface area contributed by atoms with Gasteiger partial charge in [0.25, 0.3) is 5.91 Å². The van der Waals surface area contributed by atoms with Crippen LogP contribution in [0.4, 0.5) is 5.69 Å². The fourth-order valence-electron chi connectivity index (χ4n) is 2.43. The molecule has 136 valence electrons. The molecule has 1 aromatic heterocycles. The summed E-state index contributed by atoms with van der Waals surface area (Å²) in [5.74, 6) is -0.313. The number of benzene rings is 2. The van der Waals surface area contributed by atoms with Gasteiger partial charge in [-0.25, -0.2) is 13.1 Å². The van der Waals surface area contributed by atoms with Gasteiger partial charge in [-0.3, -0.25) is 9.89 Å². The molecule has 0 bridgehead atoms. The first-order chi connectivity index (χ1) is 12.4. The topological polar surface area (TPSA) is 104 Å². The molecule has 0 saturated carbocycles. The van der Waals surface area contributed by atoms with Crippen molar-refractivity contribution in [3.63, 3.8) is 0 Å². The number of anilines is 1. The molecule has 1 atom stereocenters. The van der Waals surface area contributed by atoms with Crippen LogP contribution in [-0.2, 0) is 10.0 Å².